The number of hydrogen-bond acceptors (Lipinski definition) is 4. The second-order valence-electron chi connectivity index (χ2n) is 5.89. The molecule has 3 aromatic rings. The molecule has 4 nitrogen and oxygen atoms in total. The fraction of sp³-hybridized carbons (Fsp3) is 0.222. The molecule has 1 atom stereocenters. The van der Waals surface area contributed by atoms with Crippen molar-refractivity contribution >= 4 is 28.1 Å². The summed E-state index contributed by atoms with van der Waals surface area (Å²) in [6.45, 7) is 3.46. The van der Waals surface area contributed by atoms with Crippen LogP contribution in [0.4, 0.5) is 4.39 Å². The summed E-state index contributed by atoms with van der Waals surface area (Å²) in [5, 5.41) is 15.8. The number of benzene rings is 1. The minimum Gasteiger partial charge on any atom is -0.383 e. The first kappa shape index (κ1) is 16.5. The average Bonchev–Trinajstić information content (AvgIpc) is 3.07. The highest BCUT2D eigenvalue weighted by atomic mass is 32.1. The van der Waals surface area contributed by atoms with Crippen molar-refractivity contribution in [2.45, 2.75) is 19.4 Å². The van der Waals surface area contributed by atoms with Crippen molar-refractivity contribution in [2.24, 2.45) is 0 Å². The van der Waals surface area contributed by atoms with Gasteiger partial charge in [-0.1, -0.05) is 6.07 Å². The van der Waals surface area contributed by atoms with E-state index in [0.717, 1.165) is 4.88 Å². The lowest BCUT2D eigenvalue weighted by Gasteiger charge is -2.22. The van der Waals surface area contributed by atoms with Crippen molar-refractivity contribution in [3.63, 3.8) is 0 Å². The molecule has 2 heterocycles. The quantitative estimate of drug-likeness (QED) is 0.763. The molecule has 0 bridgehead atoms. The zero-order chi connectivity index (χ0) is 17.3. The van der Waals surface area contributed by atoms with Crippen molar-refractivity contribution in [3.8, 4) is 0 Å². The Labute approximate surface area is 143 Å². The minimum atomic E-state index is -1.13. The lowest BCUT2D eigenvalue weighted by molar-refractivity contribution is 0.0556. The van der Waals surface area contributed by atoms with Crippen molar-refractivity contribution in [3.05, 3.63) is 63.7 Å². The van der Waals surface area contributed by atoms with Crippen LogP contribution in [-0.4, -0.2) is 22.5 Å². The van der Waals surface area contributed by atoms with Crippen molar-refractivity contribution < 1.29 is 14.3 Å². The van der Waals surface area contributed by atoms with E-state index in [9.17, 15) is 14.3 Å². The van der Waals surface area contributed by atoms with Gasteiger partial charge in [0.25, 0.3) is 5.91 Å². The molecule has 3 rings (SSSR count). The van der Waals surface area contributed by atoms with E-state index in [1.54, 1.807) is 26.0 Å². The van der Waals surface area contributed by atoms with Crippen LogP contribution in [0.3, 0.4) is 0 Å². The summed E-state index contributed by atoms with van der Waals surface area (Å²) in [6.07, 6.45) is 0. The molecule has 0 saturated heterocycles. The van der Waals surface area contributed by atoms with Gasteiger partial charge in [0.15, 0.2) is 0 Å². The summed E-state index contributed by atoms with van der Waals surface area (Å²) >= 11 is 1.43. The summed E-state index contributed by atoms with van der Waals surface area (Å²) in [4.78, 5) is 17.5. The van der Waals surface area contributed by atoms with E-state index in [1.165, 1.54) is 23.5 Å². The van der Waals surface area contributed by atoms with Crippen LogP contribution in [-0.2, 0) is 5.60 Å². The van der Waals surface area contributed by atoms with Gasteiger partial charge in [-0.05, 0) is 43.5 Å². The number of fused-ring (bicyclic) bond motifs is 1. The monoisotopic (exact) mass is 344 g/mol. The molecular formula is C18H17FN2O2S. The fourth-order valence-electron chi connectivity index (χ4n) is 2.49. The first-order valence-corrected chi connectivity index (χ1v) is 8.36. The number of nitrogens with zero attached hydrogens (tertiary/aromatic N) is 1. The van der Waals surface area contributed by atoms with E-state index in [2.05, 4.69) is 10.3 Å². The molecule has 2 N–H and O–H groups in total. The molecule has 124 valence electrons. The molecule has 0 saturated carbocycles. The number of carbonyl (C=O) groups is 1. The third-order valence-electron chi connectivity index (χ3n) is 3.86. The van der Waals surface area contributed by atoms with Gasteiger partial charge in [0.05, 0.1) is 23.3 Å². The standard InChI is InChI=1S/C18H17FN2O2S/c1-11-14(8-12-5-6-13(19)9-15(12)21-11)17(22)20-10-18(2,23)16-4-3-7-24-16/h3-9,23H,10H2,1-2H3,(H,20,22). The first-order chi connectivity index (χ1) is 11.4. The molecule has 0 radical (unpaired) electrons. The van der Waals surface area contributed by atoms with Crippen molar-refractivity contribution in [2.75, 3.05) is 6.54 Å². The van der Waals surface area contributed by atoms with Crippen LogP contribution in [0.2, 0.25) is 0 Å². The van der Waals surface area contributed by atoms with Gasteiger partial charge in [-0.15, -0.1) is 11.3 Å². The van der Waals surface area contributed by atoms with E-state index >= 15 is 0 Å². The maximum absolute atomic E-state index is 13.3. The van der Waals surface area contributed by atoms with Crippen LogP contribution >= 0.6 is 11.3 Å². The molecule has 0 fully saturated rings. The highest BCUT2D eigenvalue weighted by Crippen LogP contribution is 2.24. The smallest absolute Gasteiger partial charge is 0.253 e. The lowest BCUT2D eigenvalue weighted by atomic mass is 10.0. The molecule has 24 heavy (non-hydrogen) atoms. The SMILES string of the molecule is Cc1nc2cc(F)ccc2cc1C(=O)NCC(C)(O)c1cccs1. The zero-order valence-corrected chi connectivity index (χ0v) is 14.2. The number of aliphatic hydroxyl groups is 1. The van der Waals surface area contributed by atoms with E-state index in [1.807, 2.05) is 17.5 Å². The van der Waals surface area contributed by atoms with Gasteiger partial charge in [-0.25, -0.2) is 4.39 Å². The fourth-order valence-corrected chi connectivity index (χ4v) is 3.27. The predicted molar refractivity (Wildman–Crippen MR) is 92.7 cm³/mol. The van der Waals surface area contributed by atoms with Crippen LogP contribution in [0.15, 0.2) is 41.8 Å². The number of hydrogen-bond donors (Lipinski definition) is 2. The third kappa shape index (κ3) is 3.29. The van der Waals surface area contributed by atoms with Gasteiger partial charge in [0, 0.05) is 16.3 Å². The number of carbonyl (C=O) groups excluding carboxylic acids is 1. The summed E-state index contributed by atoms with van der Waals surface area (Å²) < 4.78 is 13.3. The molecular weight excluding hydrogens is 327 g/mol. The Morgan fingerprint density at radius 2 is 2.17 bits per heavy atom. The van der Waals surface area contributed by atoms with Crippen LogP contribution in [0.25, 0.3) is 10.9 Å². The number of nitrogens with one attached hydrogen (secondary N) is 1. The van der Waals surface area contributed by atoms with Crippen LogP contribution in [0.5, 0.6) is 0 Å². The normalized spacial score (nSPS) is 13.7. The molecule has 1 aromatic carbocycles. The first-order valence-electron chi connectivity index (χ1n) is 7.48. The highest BCUT2D eigenvalue weighted by Gasteiger charge is 2.25. The third-order valence-corrected chi connectivity index (χ3v) is 4.98. The Morgan fingerprint density at radius 1 is 1.38 bits per heavy atom. The second-order valence-corrected chi connectivity index (χ2v) is 6.84. The second kappa shape index (κ2) is 6.30. The molecule has 2 aromatic heterocycles. The van der Waals surface area contributed by atoms with E-state index in [4.69, 9.17) is 0 Å². The van der Waals surface area contributed by atoms with Crippen molar-refractivity contribution in [1.82, 2.24) is 10.3 Å². The minimum absolute atomic E-state index is 0.0905. The van der Waals surface area contributed by atoms with Gasteiger partial charge in [-0.2, -0.15) is 0 Å². The number of aryl methyl sites for hydroxylation is 1. The molecule has 0 aliphatic heterocycles. The number of pyridine rings is 1. The molecule has 0 aliphatic rings. The zero-order valence-electron chi connectivity index (χ0n) is 13.3. The van der Waals surface area contributed by atoms with E-state index in [0.29, 0.717) is 22.2 Å². The number of amides is 1. The topological polar surface area (TPSA) is 62.2 Å². The average molecular weight is 344 g/mol. The predicted octanol–water partition coefficient (Wildman–Crippen LogP) is 3.38. The van der Waals surface area contributed by atoms with E-state index < -0.39 is 5.60 Å². The van der Waals surface area contributed by atoms with Crippen LogP contribution in [0, 0.1) is 12.7 Å². The number of thiophene rings is 1. The number of halogens is 1. The van der Waals surface area contributed by atoms with E-state index in [-0.39, 0.29) is 18.3 Å². The van der Waals surface area contributed by atoms with Crippen molar-refractivity contribution in [1.29, 1.82) is 0 Å². The molecule has 0 spiro atoms. The van der Waals surface area contributed by atoms with Crippen LogP contribution < -0.4 is 5.32 Å². The molecule has 0 aliphatic carbocycles. The van der Waals surface area contributed by atoms with Crippen LogP contribution in [0.1, 0.15) is 27.9 Å². The highest BCUT2D eigenvalue weighted by molar-refractivity contribution is 7.10. The maximum atomic E-state index is 13.3. The molecule has 1 unspecified atom stereocenters. The summed E-state index contributed by atoms with van der Waals surface area (Å²) in [5.41, 5.74) is 0.303. The largest absolute Gasteiger partial charge is 0.383 e. The summed E-state index contributed by atoms with van der Waals surface area (Å²) in [6, 6.07) is 9.64. The van der Waals surface area contributed by atoms with Gasteiger partial charge in [0.2, 0.25) is 0 Å². The van der Waals surface area contributed by atoms with Gasteiger partial charge in [0.1, 0.15) is 11.4 Å². The number of aromatic nitrogens is 1. The molecule has 1 amide bonds. The Balaban J connectivity index is 1.81. The van der Waals surface area contributed by atoms with Gasteiger partial charge < -0.3 is 10.4 Å². The Kier molecular flexibility index (Phi) is 4.34. The Morgan fingerprint density at radius 3 is 2.88 bits per heavy atom. The number of rotatable bonds is 4. The van der Waals surface area contributed by atoms with Gasteiger partial charge in [-0.3, -0.25) is 9.78 Å². The maximum Gasteiger partial charge on any atom is 0.253 e. The summed E-state index contributed by atoms with van der Waals surface area (Å²) in [5.74, 6) is -0.679. The lowest BCUT2D eigenvalue weighted by Crippen LogP contribution is -2.38. The summed E-state index contributed by atoms with van der Waals surface area (Å²) in [7, 11) is 0. The Bertz CT molecular complexity index is 891. The van der Waals surface area contributed by atoms with Gasteiger partial charge >= 0.3 is 0 Å². The Hall–Kier alpha value is -2.31. The molecule has 6 heteroatoms.